The van der Waals surface area contributed by atoms with E-state index in [9.17, 15) is 9.18 Å². The van der Waals surface area contributed by atoms with Gasteiger partial charge >= 0.3 is 0 Å². The van der Waals surface area contributed by atoms with Crippen LogP contribution in [0.1, 0.15) is 29.8 Å². The fourth-order valence-corrected chi connectivity index (χ4v) is 2.49. The summed E-state index contributed by atoms with van der Waals surface area (Å²) >= 11 is 0. The average Bonchev–Trinajstić information content (AvgIpc) is 2.68. The molecule has 0 aliphatic carbocycles. The highest BCUT2D eigenvalue weighted by Gasteiger charge is 2.21. The van der Waals surface area contributed by atoms with Gasteiger partial charge in [0.1, 0.15) is 5.82 Å². The topological polar surface area (TPSA) is 78.4 Å². The van der Waals surface area contributed by atoms with Crippen molar-refractivity contribution < 1.29 is 9.18 Å². The predicted molar refractivity (Wildman–Crippen MR) is 121 cm³/mol. The van der Waals surface area contributed by atoms with Crippen LogP contribution in [0.4, 0.5) is 4.39 Å². The van der Waals surface area contributed by atoms with Crippen molar-refractivity contribution in [2.24, 2.45) is 4.99 Å². The third kappa shape index (κ3) is 7.41. The summed E-state index contributed by atoms with van der Waals surface area (Å²) in [5.74, 6) is 0.211. The second-order valence-corrected chi connectivity index (χ2v) is 6.74. The Morgan fingerprint density at radius 3 is 2.54 bits per heavy atom. The number of halogens is 2. The van der Waals surface area contributed by atoms with E-state index in [1.807, 2.05) is 19.9 Å². The predicted octanol–water partition coefficient (Wildman–Crippen LogP) is 2.71. The van der Waals surface area contributed by atoms with E-state index in [0.29, 0.717) is 31.2 Å². The Kier molecular flexibility index (Phi) is 9.84. The summed E-state index contributed by atoms with van der Waals surface area (Å²) in [6.07, 6.45) is 3.15. The molecule has 0 radical (unpaired) electrons. The summed E-state index contributed by atoms with van der Waals surface area (Å²) in [4.78, 5) is 20.0. The number of aromatic nitrogens is 1. The Bertz CT molecular complexity index is 783. The second kappa shape index (κ2) is 11.6. The third-order valence-electron chi connectivity index (χ3n) is 4.15. The van der Waals surface area contributed by atoms with Gasteiger partial charge in [0.05, 0.1) is 5.56 Å². The van der Waals surface area contributed by atoms with Crippen molar-refractivity contribution in [2.45, 2.75) is 19.3 Å². The van der Waals surface area contributed by atoms with Crippen molar-refractivity contribution in [1.29, 1.82) is 0 Å². The van der Waals surface area contributed by atoms with Crippen LogP contribution in [0.5, 0.6) is 0 Å². The minimum atomic E-state index is -0.270. The van der Waals surface area contributed by atoms with Gasteiger partial charge in [-0.1, -0.05) is 26.0 Å². The molecule has 0 bridgehead atoms. The largest absolute Gasteiger partial charge is 0.356 e. The van der Waals surface area contributed by atoms with Gasteiger partial charge in [0.2, 0.25) is 0 Å². The van der Waals surface area contributed by atoms with E-state index in [4.69, 9.17) is 0 Å². The molecule has 28 heavy (non-hydrogen) atoms. The van der Waals surface area contributed by atoms with Crippen molar-refractivity contribution >= 4 is 35.8 Å². The van der Waals surface area contributed by atoms with Crippen LogP contribution in [-0.2, 0) is 5.41 Å². The number of nitrogens with zero attached hydrogens (tertiary/aromatic N) is 2. The van der Waals surface area contributed by atoms with Gasteiger partial charge in [-0.2, -0.15) is 0 Å². The van der Waals surface area contributed by atoms with Gasteiger partial charge in [0, 0.05) is 44.5 Å². The first kappa shape index (κ1) is 23.8. The number of rotatable bonds is 7. The van der Waals surface area contributed by atoms with Gasteiger partial charge in [-0.25, -0.2) is 4.39 Å². The minimum Gasteiger partial charge on any atom is -0.356 e. The first-order chi connectivity index (χ1) is 12.9. The highest BCUT2D eigenvalue weighted by Crippen LogP contribution is 2.22. The van der Waals surface area contributed by atoms with Crippen molar-refractivity contribution in [3.8, 4) is 0 Å². The number of benzene rings is 1. The van der Waals surface area contributed by atoms with Gasteiger partial charge in [-0.15, -0.1) is 24.0 Å². The van der Waals surface area contributed by atoms with E-state index in [-0.39, 0.29) is 41.1 Å². The number of aliphatic imine (C=N–C) groups is 1. The Balaban J connectivity index is 0.00000392. The van der Waals surface area contributed by atoms with E-state index < -0.39 is 0 Å². The first-order valence-corrected chi connectivity index (χ1v) is 8.81. The molecule has 0 saturated heterocycles. The van der Waals surface area contributed by atoms with Crippen LogP contribution in [0.3, 0.4) is 0 Å². The van der Waals surface area contributed by atoms with E-state index in [0.717, 1.165) is 5.56 Å². The van der Waals surface area contributed by atoms with E-state index in [1.165, 1.54) is 12.3 Å². The molecule has 2 rings (SSSR count). The average molecular weight is 499 g/mol. The number of hydrogen-bond acceptors (Lipinski definition) is 3. The molecule has 0 spiro atoms. The summed E-state index contributed by atoms with van der Waals surface area (Å²) in [7, 11) is 1.68. The molecule has 1 aromatic heterocycles. The van der Waals surface area contributed by atoms with Gasteiger partial charge in [0.15, 0.2) is 5.96 Å². The van der Waals surface area contributed by atoms with Gasteiger partial charge < -0.3 is 16.0 Å². The lowest BCUT2D eigenvalue weighted by molar-refractivity contribution is 0.0954. The quantitative estimate of drug-likeness (QED) is 0.237. The molecular weight excluding hydrogens is 472 g/mol. The Morgan fingerprint density at radius 2 is 1.89 bits per heavy atom. The number of amides is 1. The monoisotopic (exact) mass is 499 g/mol. The van der Waals surface area contributed by atoms with Crippen molar-refractivity contribution in [2.75, 3.05) is 26.7 Å². The van der Waals surface area contributed by atoms with Crippen LogP contribution in [0.15, 0.2) is 53.8 Å². The SMILES string of the molecule is CN=C(NCCNC(=O)c1cccnc1)NCC(C)(C)c1cccc(F)c1.I. The minimum absolute atomic E-state index is 0. The normalized spacial score (nSPS) is 11.4. The molecule has 1 amide bonds. The second-order valence-electron chi connectivity index (χ2n) is 6.74. The maximum Gasteiger partial charge on any atom is 0.252 e. The molecule has 8 heteroatoms. The number of hydrogen-bond donors (Lipinski definition) is 3. The lowest BCUT2D eigenvalue weighted by Gasteiger charge is -2.27. The molecule has 0 atom stereocenters. The maximum atomic E-state index is 13.5. The van der Waals surface area contributed by atoms with Crippen LogP contribution in [-0.4, -0.2) is 43.5 Å². The van der Waals surface area contributed by atoms with Crippen molar-refractivity contribution in [3.05, 3.63) is 65.7 Å². The van der Waals surface area contributed by atoms with Crippen LogP contribution < -0.4 is 16.0 Å². The molecule has 0 unspecified atom stereocenters. The summed E-state index contributed by atoms with van der Waals surface area (Å²) in [5.41, 5.74) is 1.17. The number of guanidine groups is 1. The van der Waals surface area contributed by atoms with Gasteiger partial charge in [-0.05, 0) is 29.8 Å². The Morgan fingerprint density at radius 1 is 1.14 bits per heavy atom. The molecule has 2 aromatic rings. The molecule has 0 saturated carbocycles. The van der Waals surface area contributed by atoms with E-state index in [1.54, 1.807) is 37.5 Å². The number of pyridine rings is 1. The van der Waals surface area contributed by atoms with E-state index >= 15 is 0 Å². The molecule has 0 aliphatic rings. The zero-order chi connectivity index (χ0) is 19.7. The summed E-state index contributed by atoms with van der Waals surface area (Å²) in [6, 6.07) is 10.0. The number of nitrogens with one attached hydrogen (secondary N) is 3. The Labute approximate surface area is 182 Å². The summed E-state index contributed by atoms with van der Waals surface area (Å²) < 4.78 is 13.5. The van der Waals surface area contributed by atoms with Gasteiger partial charge in [0.25, 0.3) is 5.91 Å². The van der Waals surface area contributed by atoms with Crippen molar-refractivity contribution in [3.63, 3.8) is 0 Å². The maximum absolute atomic E-state index is 13.5. The summed E-state index contributed by atoms with van der Waals surface area (Å²) in [6.45, 7) is 5.62. The van der Waals surface area contributed by atoms with Crippen LogP contribution in [0.25, 0.3) is 0 Å². The molecule has 0 aliphatic heterocycles. The number of carbonyl (C=O) groups excluding carboxylic acids is 1. The molecule has 1 aromatic carbocycles. The van der Waals surface area contributed by atoms with Crippen LogP contribution in [0, 0.1) is 5.82 Å². The fraction of sp³-hybridized carbons (Fsp3) is 0.350. The highest BCUT2D eigenvalue weighted by molar-refractivity contribution is 14.0. The summed E-state index contributed by atoms with van der Waals surface area (Å²) in [5, 5.41) is 9.20. The molecule has 152 valence electrons. The molecule has 6 nitrogen and oxygen atoms in total. The molecule has 1 heterocycles. The first-order valence-electron chi connectivity index (χ1n) is 8.81. The van der Waals surface area contributed by atoms with Crippen LogP contribution in [0.2, 0.25) is 0 Å². The van der Waals surface area contributed by atoms with E-state index in [2.05, 4.69) is 25.9 Å². The van der Waals surface area contributed by atoms with Crippen molar-refractivity contribution in [1.82, 2.24) is 20.9 Å². The highest BCUT2D eigenvalue weighted by atomic mass is 127. The van der Waals surface area contributed by atoms with Crippen LogP contribution >= 0.6 is 24.0 Å². The molecular formula is C20H27FIN5O. The molecule has 0 fully saturated rings. The lowest BCUT2D eigenvalue weighted by atomic mass is 9.84. The fourth-order valence-electron chi connectivity index (χ4n) is 2.49. The number of carbonyl (C=O) groups is 1. The smallest absolute Gasteiger partial charge is 0.252 e. The zero-order valence-corrected chi connectivity index (χ0v) is 18.7. The Hall–Kier alpha value is -2.23. The standard InChI is InChI=1S/C20H26FN5O.HI/c1-20(2,16-7-4-8-17(21)12-16)14-26-19(22-3)25-11-10-24-18(27)15-6-5-9-23-13-15;/h4-9,12-13H,10-11,14H2,1-3H3,(H,24,27)(H2,22,25,26);1H. The third-order valence-corrected chi connectivity index (χ3v) is 4.15. The van der Waals surface area contributed by atoms with Gasteiger partial charge in [-0.3, -0.25) is 14.8 Å². The molecule has 3 N–H and O–H groups in total. The zero-order valence-electron chi connectivity index (χ0n) is 16.3. The lowest BCUT2D eigenvalue weighted by Crippen LogP contribution is -2.45.